The summed E-state index contributed by atoms with van der Waals surface area (Å²) >= 11 is 1.16. The Labute approximate surface area is 264 Å². The highest BCUT2D eigenvalue weighted by molar-refractivity contribution is 8.14. The van der Waals surface area contributed by atoms with Crippen LogP contribution in [0.4, 0.5) is 0 Å². The van der Waals surface area contributed by atoms with Crippen molar-refractivity contribution >= 4 is 22.8 Å². The summed E-state index contributed by atoms with van der Waals surface area (Å²) in [5.41, 5.74) is 3.29. The maximum absolute atomic E-state index is 12.9. The first kappa shape index (κ1) is 34.4. The molecule has 0 spiro atoms. The van der Waals surface area contributed by atoms with Crippen LogP contribution < -0.4 is 4.74 Å². The molecule has 0 heterocycles. The second kappa shape index (κ2) is 20.0. The Balaban J connectivity index is 1.40. The van der Waals surface area contributed by atoms with Gasteiger partial charge in [-0.1, -0.05) is 102 Å². The number of hydrogen-bond donors (Lipinski definition) is 0. The van der Waals surface area contributed by atoms with E-state index in [1.807, 2.05) is 43.3 Å². The molecule has 3 aromatic rings. The predicted molar refractivity (Wildman–Crippen MR) is 180 cm³/mol. The zero-order valence-corrected chi connectivity index (χ0v) is 27.3. The lowest BCUT2D eigenvalue weighted by Gasteiger charge is -2.13. The van der Waals surface area contributed by atoms with Crippen LogP contribution >= 0.6 is 11.8 Å². The van der Waals surface area contributed by atoms with E-state index in [-0.39, 0.29) is 17.2 Å². The topological polar surface area (TPSA) is 52.6 Å². The Morgan fingerprint density at radius 2 is 1.14 bits per heavy atom. The summed E-state index contributed by atoms with van der Waals surface area (Å²) < 4.78 is 11.5. The fourth-order valence-electron chi connectivity index (χ4n) is 4.96. The quantitative estimate of drug-likeness (QED) is 0.0731. The van der Waals surface area contributed by atoms with Gasteiger partial charge < -0.3 is 9.47 Å². The van der Waals surface area contributed by atoms with E-state index in [0.29, 0.717) is 11.1 Å². The van der Waals surface area contributed by atoms with Crippen LogP contribution in [-0.4, -0.2) is 23.8 Å². The molecule has 0 aliphatic carbocycles. The molecule has 0 saturated heterocycles. The molecule has 3 aromatic carbocycles. The molecule has 0 aromatic heterocycles. The molecule has 0 aliphatic rings. The maximum atomic E-state index is 12.9. The molecular formula is C38H50O4S. The molecule has 43 heavy (non-hydrogen) atoms. The molecular weight excluding hydrogens is 552 g/mol. The molecule has 1 atom stereocenters. The Morgan fingerprint density at radius 1 is 0.628 bits per heavy atom. The Hall–Kier alpha value is -3.05. The first-order valence-electron chi connectivity index (χ1n) is 16.4. The lowest BCUT2D eigenvalue weighted by Crippen LogP contribution is -2.15. The smallest absolute Gasteiger partial charge is 0.338 e. The minimum Gasteiger partial charge on any atom is -0.494 e. The van der Waals surface area contributed by atoms with Gasteiger partial charge in [-0.2, -0.15) is 0 Å². The molecule has 4 nitrogen and oxygen atoms in total. The van der Waals surface area contributed by atoms with Crippen molar-refractivity contribution in [3.05, 3.63) is 83.9 Å². The lowest BCUT2D eigenvalue weighted by atomic mass is 10.0. The summed E-state index contributed by atoms with van der Waals surface area (Å²) in [6.45, 7) is 7.14. The van der Waals surface area contributed by atoms with E-state index in [1.165, 1.54) is 64.2 Å². The van der Waals surface area contributed by atoms with Gasteiger partial charge in [0.2, 0.25) is 5.12 Å². The molecule has 0 saturated carbocycles. The predicted octanol–water partition coefficient (Wildman–Crippen LogP) is 11.3. The fourth-order valence-corrected chi connectivity index (χ4v) is 5.70. The van der Waals surface area contributed by atoms with E-state index in [4.69, 9.17) is 9.47 Å². The van der Waals surface area contributed by atoms with Gasteiger partial charge in [-0.15, -0.1) is 0 Å². The van der Waals surface area contributed by atoms with Gasteiger partial charge in [-0.3, -0.25) is 4.79 Å². The molecule has 0 unspecified atom stereocenters. The number of esters is 1. The van der Waals surface area contributed by atoms with Crippen molar-refractivity contribution in [1.82, 2.24) is 0 Å². The number of hydrogen-bond acceptors (Lipinski definition) is 5. The summed E-state index contributed by atoms with van der Waals surface area (Å²) in [7, 11) is 0. The van der Waals surface area contributed by atoms with Crippen molar-refractivity contribution in [1.29, 1.82) is 0 Å². The first-order chi connectivity index (χ1) is 21.0. The van der Waals surface area contributed by atoms with E-state index in [0.717, 1.165) is 59.4 Å². The van der Waals surface area contributed by atoms with Crippen LogP contribution in [0.2, 0.25) is 0 Å². The highest BCUT2D eigenvalue weighted by atomic mass is 32.2. The van der Waals surface area contributed by atoms with E-state index < -0.39 is 0 Å². The molecule has 0 N–H and O–H groups in total. The molecule has 232 valence electrons. The SMILES string of the molecule is CCCCCCCCCCOc1ccc(-c2ccc(C(=O)Sc3ccc(C(=O)O[C@@H](C)CCCCCC)cc3)cc2)cc1. The van der Waals surface area contributed by atoms with Crippen LogP contribution in [0.25, 0.3) is 11.1 Å². The third-order valence-electron chi connectivity index (χ3n) is 7.65. The zero-order valence-electron chi connectivity index (χ0n) is 26.4. The van der Waals surface area contributed by atoms with Crippen LogP contribution in [0.5, 0.6) is 5.75 Å². The number of carbonyl (C=O) groups excluding carboxylic acids is 2. The highest BCUT2D eigenvalue weighted by Gasteiger charge is 2.14. The molecule has 0 fully saturated rings. The Morgan fingerprint density at radius 3 is 1.74 bits per heavy atom. The van der Waals surface area contributed by atoms with Gasteiger partial charge in [0.05, 0.1) is 18.3 Å². The molecule has 0 aliphatic heterocycles. The maximum Gasteiger partial charge on any atom is 0.338 e. The first-order valence-corrected chi connectivity index (χ1v) is 17.2. The lowest BCUT2D eigenvalue weighted by molar-refractivity contribution is 0.0319. The molecule has 0 amide bonds. The van der Waals surface area contributed by atoms with Gasteiger partial charge in [0, 0.05) is 10.5 Å². The second-order valence-corrected chi connectivity index (χ2v) is 12.5. The number of ether oxygens (including phenoxy) is 2. The van der Waals surface area contributed by atoms with Crippen LogP contribution in [0.3, 0.4) is 0 Å². The van der Waals surface area contributed by atoms with Crippen LogP contribution in [-0.2, 0) is 4.74 Å². The fraction of sp³-hybridized carbons (Fsp3) is 0.474. The van der Waals surface area contributed by atoms with Crippen LogP contribution in [0.15, 0.2) is 77.7 Å². The van der Waals surface area contributed by atoms with Gasteiger partial charge in [0.1, 0.15) is 5.75 Å². The normalized spacial score (nSPS) is 11.7. The molecule has 0 bridgehead atoms. The minimum absolute atomic E-state index is 0.0349. The van der Waals surface area contributed by atoms with Crippen LogP contribution in [0, 0.1) is 0 Å². The van der Waals surface area contributed by atoms with Crippen LogP contribution in [0.1, 0.15) is 125 Å². The average molecular weight is 603 g/mol. The Kier molecular flexibility index (Phi) is 16.0. The van der Waals surface area contributed by atoms with Gasteiger partial charge in [-0.05, 0) is 97.6 Å². The number of benzene rings is 3. The van der Waals surface area contributed by atoms with Crippen molar-refractivity contribution in [3.63, 3.8) is 0 Å². The number of unbranched alkanes of at least 4 members (excludes halogenated alkanes) is 10. The minimum atomic E-state index is -0.315. The summed E-state index contributed by atoms with van der Waals surface area (Å²) in [5.74, 6) is 0.579. The third-order valence-corrected chi connectivity index (χ3v) is 8.58. The monoisotopic (exact) mass is 602 g/mol. The number of rotatable bonds is 20. The largest absolute Gasteiger partial charge is 0.494 e. The van der Waals surface area contributed by atoms with E-state index in [2.05, 4.69) is 26.0 Å². The van der Waals surface area contributed by atoms with Crippen molar-refractivity contribution in [3.8, 4) is 16.9 Å². The second-order valence-electron chi connectivity index (χ2n) is 11.4. The number of thioether (sulfide) groups is 1. The Bertz CT molecular complexity index is 1200. The van der Waals surface area contributed by atoms with E-state index >= 15 is 0 Å². The molecule has 5 heteroatoms. The highest BCUT2D eigenvalue weighted by Crippen LogP contribution is 2.27. The zero-order chi connectivity index (χ0) is 30.7. The summed E-state index contributed by atoms with van der Waals surface area (Å²) in [4.78, 5) is 26.2. The number of carbonyl (C=O) groups is 2. The molecule has 0 radical (unpaired) electrons. The van der Waals surface area contributed by atoms with Gasteiger partial charge in [0.15, 0.2) is 0 Å². The molecule has 3 rings (SSSR count). The van der Waals surface area contributed by atoms with Crippen molar-refractivity contribution in [2.45, 2.75) is 115 Å². The third kappa shape index (κ3) is 13.0. The van der Waals surface area contributed by atoms with Crippen molar-refractivity contribution < 1.29 is 19.1 Å². The van der Waals surface area contributed by atoms with Gasteiger partial charge >= 0.3 is 5.97 Å². The van der Waals surface area contributed by atoms with Crippen molar-refractivity contribution in [2.24, 2.45) is 0 Å². The van der Waals surface area contributed by atoms with Gasteiger partial charge in [0.25, 0.3) is 0 Å². The summed E-state index contributed by atoms with van der Waals surface area (Å²) in [6, 6.07) is 22.9. The average Bonchev–Trinajstić information content (AvgIpc) is 3.03. The standard InChI is InChI=1S/C38H50O4S/c1-4-6-8-10-11-12-13-15-29-41-35-25-21-32(22-26-35)31-17-19-34(20-18-31)38(40)43-36-27-23-33(24-28-36)37(39)42-30(3)16-14-9-7-5-2/h17-28,30H,4-16,29H2,1-3H3/t30-/m0/s1. The van der Waals surface area contributed by atoms with E-state index in [1.54, 1.807) is 24.3 Å². The summed E-state index contributed by atoms with van der Waals surface area (Å²) in [5, 5.41) is -0.0349. The van der Waals surface area contributed by atoms with Gasteiger partial charge in [-0.25, -0.2) is 4.79 Å². The van der Waals surface area contributed by atoms with Crippen molar-refractivity contribution in [2.75, 3.05) is 6.61 Å². The van der Waals surface area contributed by atoms with E-state index in [9.17, 15) is 9.59 Å². The summed E-state index contributed by atoms with van der Waals surface area (Å²) in [6.07, 6.45) is 15.8.